The zero-order chi connectivity index (χ0) is 19.6. The van der Waals surface area contributed by atoms with Crippen LogP contribution in [0.25, 0.3) is 11.1 Å². The van der Waals surface area contributed by atoms with E-state index in [0.29, 0.717) is 11.1 Å². The number of nitriles is 1. The molecule has 2 aromatic carbocycles. The predicted molar refractivity (Wildman–Crippen MR) is 91.4 cm³/mol. The minimum absolute atomic E-state index is 0.0561. The van der Waals surface area contributed by atoms with E-state index in [-0.39, 0.29) is 17.7 Å². The maximum Gasteiger partial charge on any atom is 0.416 e. The molecule has 0 saturated carbocycles. The second kappa shape index (κ2) is 7.08. The predicted octanol–water partition coefficient (Wildman–Crippen LogP) is 4.59. The molecule has 0 bridgehead atoms. The summed E-state index contributed by atoms with van der Waals surface area (Å²) in [4.78, 5) is 12.4. The monoisotopic (exact) mass is 372 g/mol. The van der Waals surface area contributed by atoms with Gasteiger partial charge in [0.05, 0.1) is 12.1 Å². The van der Waals surface area contributed by atoms with Crippen molar-refractivity contribution in [3.8, 4) is 17.2 Å². The Bertz CT molecular complexity index is 1080. The molecule has 0 aliphatic rings. The molecule has 7 heteroatoms. The third-order valence-electron chi connectivity index (χ3n) is 4.00. The van der Waals surface area contributed by atoms with E-state index in [4.69, 9.17) is 0 Å². The second-order valence-corrected chi connectivity index (χ2v) is 5.89. The first kappa shape index (κ1) is 18.4. The fraction of sp³-hybridized carbons (Fsp3) is 0.100. The number of aromatic nitrogens is 1. The SMILES string of the molecule is N#Cc1cc(-c2cccc(C(F)(F)F)c2)cn(Cc2ccc(F)cc2)c1=O. The molecular weight excluding hydrogens is 360 g/mol. The Kier molecular flexibility index (Phi) is 4.82. The zero-order valence-corrected chi connectivity index (χ0v) is 13.8. The summed E-state index contributed by atoms with van der Waals surface area (Å²) >= 11 is 0. The molecule has 0 saturated heterocycles. The van der Waals surface area contributed by atoms with E-state index in [0.717, 1.165) is 12.1 Å². The van der Waals surface area contributed by atoms with Gasteiger partial charge in [0.25, 0.3) is 5.56 Å². The van der Waals surface area contributed by atoms with Gasteiger partial charge >= 0.3 is 6.18 Å². The fourth-order valence-corrected chi connectivity index (χ4v) is 2.65. The molecular formula is C20H12F4N2O. The van der Waals surface area contributed by atoms with E-state index in [1.54, 1.807) is 6.07 Å². The lowest BCUT2D eigenvalue weighted by molar-refractivity contribution is -0.137. The number of pyridine rings is 1. The molecule has 136 valence electrons. The molecule has 3 nitrogen and oxygen atoms in total. The Balaban J connectivity index is 2.09. The zero-order valence-electron chi connectivity index (χ0n) is 13.8. The maximum absolute atomic E-state index is 13.0. The summed E-state index contributed by atoms with van der Waals surface area (Å²) in [5.74, 6) is -0.429. The molecule has 0 unspecified atom stereocenters. The van der Waals surface area contributed by atoms with Crippen LogP contribution in [-0.4, -0.2) is 4.57 Å². The van der Waals surface area contributed by atoms with Crippen LogP contribution in [0.3, 0.4) is 0 Å². The highest BCUT2D eigenvalue weighted by atomic mass is 19.4. The van der Waals surface area contributed by atoms with E-state index >= 15 is 0 Å². The average molecular weight is 372 g/mol. The molecule has 0 amide bonds. The van der Waals surface area contributed by atoms with Gasteiger partial charge in [-0.3, -0.25) is 4.79 Å². The molecule has 0 radical (unpaired) electrons. The highest BCUT2D eigenvalue weighted by Crippen LogP contribution is 2.32. The van der Waals surface area contributed by atoms with Crippen LogP contribution in [0.4, 0.5) is 17.6 Å². The summed E-state index contributed by atoms with van der Waals surface area (Å²) in [6.45, 7) is 0.0561. The summed E-state index contributed by atoms with van der Waals surface area (Å²) in [5, 5.41) is 9.21. The van der Waals surface area contributed by atoms with Crippen LogP contribution in [0.1, 0.15) is 16.7 Å². The van der Waals surface area contributed by atoms with E-state index in [1.807, 2.05) is 0 Å². The lowest BCUT2D eigenvalue weighted by atomic mass is 10.0. The van der Waals surface area contributed by atoms with E-state index in [9.17, 15) is 27.6 Å². The Morgan fingerprint density at radius 2 is 1.70 bits per heavy atom. The fourth-order valence-electron chi connectivity index (χ4n) is 2.65. The van der Waals surface area contributed by atoms with Crippen molar-refractivity contribution in [1.29, 1.82) is 5.26 Å². The molecule has 0 fully saturated rings. The normalized spacial score (nSPS) is 11.2. The van der Waals surface area contributed by atoms with Crippen LogP contribution >= 0.6 is 0 Å². The molecule has 1 heterocycles. The lowest BCUT2D eigenvalue weighted by Gasteiger charge is -2.12. The second-order valence-electron chi connectivity index (χ2n) is 5.89. The third kappa shape index (κ3) is 4.06. The van der Waals surface area contributed by atoms with Crippen LogP contribution < -0.4 is 5.56 Å². The van der Waals surface area contributed by atoms with Crippen molar-refractivity contribution in [1.82, 2.24) is 4.57 Å². The van der Waals surface area contributed by atoms with Gasteiger partial charge in [0.15, 0.2) is 0 Å². The number of rotatable bonds is 3. The van der Waals surface area contributed by atoms with Gasteiger partial charge in [-0.25, -0.2) is 4.39 Å². The molecule has 3 rings (SSSR count). The lowest BCUT2D eigenvalue weighted by Crippen LogP contribution is -2.23. The van der Waals surface area contributed by atoms with E-state index in [1.165, 1.54) is 53.2 Å². The van der Waals surface area contributed by atoms with Crippen LogP contribution in [0.15, 0.2) is 65.6 Å². The largest absolute Gasteiger partial charge is 0.416 e. The first-order valence-corrected chi connectivity index (χ1v) is 7.84. The van der Waals surface area contributed by atoms with Gasteiger partial charge in [0, 0.05) is 6.20 Å². The summed E-state index contributed by atoms with van der Waals surface area (Å²) < 4.78 is 53.1. The number of hydrogen-bond donors (Lipinski definition) is 0. The Morgan fingerprint density at radius 3 is 2.33 bits per heavy atom. The summed E-state index contributed by atoms with van der Waals surface area (Å²) in [5.41, 5.74) is -0.434. The van der Waals surface area contributed by atoms with Crippen molar-refractivity contribution < 1.29 is 17.6 Å². The minimum atomic E-state index is -4.50. The highest BCUT2D eigenvalue weighted by Gasteiger charge is 2.30. The number of alkyl halides is 3. The molecule has 1 aromatic heterocycles. The molecule has 0 spiro atoms. The topological polar surface area (TPSA) is 45.8 Å². The first-order valence-electron chi connectivity index (χ1n) is 7.84. The van der Waals surface area contributed by atoms with E-state index in [2.05, 4.69) is 0 Å². The number of nitrogens with zero attached hydrogens (tertiary/aromatic N) is 2. The number of hydrogen-bond acceptors (Lipinski definition) is 2. The number of benzene rings is 2. The van der Waals surface area contributed by atoms with Crippen LogP contribution in [-0.2, 0) is 12.7 Å². The quantitative estimate of drug-likeness (QED) is 0.631. The van der Waals surface area contributed by atoms with Gasteiger partial charge in [0.1, 0.15) is 17.4 Å². The van der Waals surface area contributed by atoms with Crippen LogP contribution in [0.2, 0.25) is 0 Å². The number of halogens is 4. The Labute approximate surface area is 151 Å². The van der Waals surface area contributed by atoms with Gasteiger partial charge in [-0.1, -0.05) is 24.3 Å². The van der Waals surface area contributed by atoms with E-state index < -0.39 is 23.1 Å². The van der Waals surface area contributed by atoms with Gasteiger partial charge < -0.3 is 4.57 Å². The molecule has 27 heavy (non-hydrogen) atoms. The van der Waals surface area contributed by atoms with Gasteiger partial charge in [0.2, 0.25) is 0 Å². The van der Waals surface area contributed by atoms with Gasteiger partial charge in [-0.2, -0.15) is 18.4 Å². The summed E-state index contributed by atoms with van der Waals surface area (Å²) in [7, 11) is 0. The minimum Gasteiger partial charge on any atom is -0.309 e. The van der Waals surface area contributed by atoms with Crippen molar-refractivity contribution in [2.75, 3.05) is 0 Å². The molecule has 0 atom stereocenters. The van der Waals surface area contributed by atoms with Crippen LogP contribution in [0.5, 0.6) is 0 Å². The van der Waals surface area contributed by atoms with Crippen LogP contribution in [0, 0.1) is 17.1 Å². The first-order chi connectivity index (χ1) is 12.8. The summed E-state index contributed by atoms with van der Waals surface area (Å²) in [6, 6.07) is 13.1. The van der Waals surface area contributed by atoms with Gasteiger partial charge in [-0.05, 0) is 47.0 Å². The molecule has 3 aromatic rings. The molecule has 0 N–H and O–H groups in total. The van der Waals surface area contributed by atoms with Crippen molar-refractivity contribution in [3.63, 3.8) is 0 Å². The summed E-state index contributed by atoms with van der Waals surface area (Å²) in [6.07, 6.45) is -3.11. The van der Waals surface area contributed by atoms with Crippen molar-refractivity contribution in [2.45, 2.75) is 12.7 Å². The Morgan fingerprint density at radius 1 is 1.00 bits per heavy atom. The maximum atomic E-state index is 13.0. The van der Waals surface area contributed by atoms with Crippen molar-refractivity contribution in [2.24, 2.45) is 0 Å². The average Bonchev–Trinajstić information content (AvgIpc) is 2.64. The highest BCUT2D eigenvalue weighted by molar-refractivity contribution is 5.65. The van der Waals surface area contributed by atoms with Crippen molar-refractivity contribution in [3.05, 3.63) is 93.7 Å². The third-order valence-corrected chi connectivity index (χ3v) is 4.00. The smallest absolute Gasteiger partial charge is 0.309 e. The Hall–Kier alpha value is -3.40. The molecule has 0 aliphatic heterocycles. The standard InChI is InChI=1S/C20H12F4N2O/c21-18-6-4-13(5-7-18)11-26-12-16(8-15(10-25)19(26)27)14-2-1-3-17(9-14)20(22,23)24/h1-9,12H,11H2. The van der Waals surface area contributed by atoms with Crippen molar-refractivity contribution >= 4 is 0 Å². The molecule has 0 aliphatic carbocycles. The van der Waals surface area contributed by atoms with Gasteiger partial charge in [-0.15, -0.1) is 0 Å².